The van der Waals surface area contributed by atoms with Crippen molar-refractivity contribution in [1.29, 1.82) is 0 Å². The first-order valence-corrected chi connectivity index (χ1v) is 7.05. The zero-order valence-electron chi connectivity index (χ0n) is 8.48. The Kier molecular flexibility index (Phi) is 2.72. The Hall–Kier alpha value is -0.620. The van der Waals surface area contributed by atoms with Crippen molar-refractivity contribution in [3.8, 4) is 0 Å². The van der Waals surface area contributed by atoms with Crippen molar-refractivity contribution in [2.24, 2.45) is 11.7 Å². The highest BCUT2D eigenvalue weighted by Gasteiger charge is 2.35. The van der Waals surface area contributed by atoms with Crippen molar-refractivity contribution in [3.63, 3.8) is 0 Å². The maximum atomic E-state index is 11.6. The Labute approximate surface area is 89.3 Å². The number of hydrogen-bond acceptors (Lipinski definition) is 4. The Bertz CT molecular complexity index is 360. The second kappa shape index (κ2) is 3.75. The summed E-state index contributed by atoms with van der Waals surface area (Å²) in [4.78, 5) is 11.6. The minimum absolute atomic E-state index is 0.0115. The van der Waals surface area contributed by atoms with E-state index in [0.29, 0.717) is 6.42 Å². The number of nitrogens with one attached hydrogen (secondary N) is 1. The van der Waals surface area contributed by atoms with Crippen LogP contribution < -0.4 is 11.1 Å². The summed E-state index contributed by atoms with van der Waals surface area (Å²) in [6, 6.07) is 0.360. The molecule has 1 aliphatic carbocycles. The molecule has 0 spiro atoms. The van der Waals surface area contributed by atoms with Gasteiger partial charge in [0.2, 0.25) is 5.91 Å². The lowest BCUT2D eigenvalue weighted by Gasteiger charge is -2.33. The van der Waals surface area contributed by atoms with Crippen molar-refractivity contribution in [3.05, 3.63) is 0 Å². The standard InChI is InChI=1S/C9H16N2O3S/c10-7-3-8(4-7)11-9(12)6-1-2-15(13,14)5-6/h6-8H,1-5,10H2,(H,11,12). The molecule has 15 heavy (non-hydrogen) atoms. The van der Waals surface area contributed by atoms with E-state index in [9.17, 15) is 13.2 Å². The normalized spacial score (nSPS) is 38.3. The topological polar surface area (TPSA) is 89.3 Å². The molecule has 0 aromatic heterocycles. The molecular formula is C9H16N2O3S. The van der Waals surface area contributed by atoms with Crippen LogP contribution in [0.5, 0.6) is 0 Å². The van der Waals surface area contributed by atoms with Crippen LogP contribution in [0.1, 0.15) is 19.3 Å². The average Bonchev–Trinajstić information content (AvgIpc) is 2.43. The highest BCUT2D eigenvalue weighted by molar-refractivity contribution is 7.91. The summed E-state index contributed by atoms with van der Waals surface area (Å²) in [5, 5.41) is 2.84. The van der Waals surface area contributed by atoms with Gasteiger partial charge in [0.25, 0.3) is 0 Å². The van der Waals surface area contributed by atoms with Crippen LogP contribution in [0.25, 0.3) is 0 Å². The molecule has 1 unspecified atom stereocenters. The van der Waals surface area contributed by atoms with E-state index in [1.54, 1.807) is 0 Å². The van der Waals surface area contributed by atoms with Gasteiger partial charge in [0.1, 0.15) is 0 Å². The zero-order valence-corrected chi connectivity index (χ0v) is 9.29. The molecule has 0 radical (unpaired) electrons. The van der Waals surface area contributed by atoms with Crippen LogP contribution in [0, 0.1) is 5.92 Å². The highest BCUT2D eigenvalue weighted by atomic mass is 32.2. The fourth-order valence-corrected chi connectivity index (χ4v) is 3.84. The Balaban J connectivity index is 1.82. The van der Waals surface area contributed by atoms with Crippen molar-refractivity contribution < 1.29 is 13.2 Å². The molecule has 2 fully saturated rings. The lowest BCUT2D eigenvalue weighted by molar-refractivity contribution is -0.125. The number of nitrogens with two attached hydrogens (primary N) is 1. The van der Waals surface area contributed by atoms with E-state index in [1.165, 1.54) is 0 Å². The largest absolute Gasteiger partial charge is 0.353 e. The summed E-state index contributed by atoms with van der Waals surface area (Å²) >= 11 is 0. The van der Waals surface area contributed by atoms with Gasteiger partial charge in [-0.25, -0.2) is 8.42 Å². The van der Waals surface area contributed by atoms with Crippen LogP contribution in [0.2, 0.25) is 0 Å². The first-order chi connectivity index (χ1) is 6.96. The van der Waals surface area contributed by atoms with Gasteiger partial charge in [0.15, 0.2) is 9.84 Å². The fourth-order valence-electron chi connectivity index (χ4n) is 2.10. The summed E-state index contributed by atoms with van der Waals surface area (Å²) < 4.78 is 22.3. The van der Waals surface area contributed by atoms with Gasteiger partial charge in [0, 0.05) is 12.1 Å². The monoisotopic (exact) mass is 232 g/mol. The van der Waals surface area contributed by atoms with Crippen LogP contribution in [0.3, 0.4) is 0 Å². The molecular weight excluding hydrogens is 216 g/mol. The molecule has 0 aromatic carbocycles. The second-order valence-electron chi connectivity index (χ2n) is 4.54. The first-order valence-electron chi connectivity index (χ1n) is 5.22. The predicted octanol–water partition coefficient (Wildman–Crippen LogP) is -0.973. The Morgan fingerprint density at radius 1 is 1.33 bits per heavy atom. The molecule has 1 aliphatic heterocycles. The summed E-state index contributed by atoms with van der Waals surface area (Å²) in [5.41, 5.74) is 5.59. The third-order valence-corrected chi connectivity index (χ3v) is 4.89. The summed E-state index contributed by atoms with van der Waals surface area (Å²) in [6.07, 6.45) is 2.09. The number of amides is 1. The molecule has 2 rings (SSSR count). The minimum Gasteiger partial charge on any atom is -0.353 e. The molecule has 1 amide bonds. The van der Waals surface area contributed by atoms with Gasteiger partial charge >= 0.3 is 0 Å². The number of sulfone groups is 1. The van der Waals surface area contributed by atoms with Crippen molar-refractivity contribution in [2.75, 3.05) is 11.5 Å². The maximum Gasteiger partial charge on any atom is 0.224 e. The molecule has 86 valence electrons. The average molecular weight is 232 g/mol. The van der Waals surface area contributed by atoms with Gasteiger partial charge in [-0.15, -0.1) is 0 Å². The van der Waals surface area contributed by atoms with E-state index in [1.807, 2.05) is 0 Å². The fraction of sp³-hybridized carbons (Fsp3) is 0.889. The molecule has 3 N–H and O–H groups in total. The zero-order chi connectivity index (χ0) is 11.1. The minimum atomic E-state index is -2.96. The number of rotatable bonds is 2. The van der Waals surface area contributed by atoms with Gasteiger partial charge in [0.05, 0.1) is 17.4 Å². The van der Waals surface area contributed by atoms with E-state index >= 15 is 0 Å². The van der Waals surface area contributed by atoms with Gasteiger partial charge in [-0.1, -0.05) is 0 Å². The number of carbonyl (C=O) groups excluding carboxylic acids is 1. The molecule has 1 saturated carbocycles. The molecule has 1 atom stereocenters. The van der Waals surface area contributed by atoms with Crippen LogP contribution in [-0.2, 0) is 14.6 Å². The van der Waals surface area contributed by atoms with Crippen LogP contribution in [-0.4, -0.2) is 37.9 Å². The van der Waals surface area contributed by atoms with E-state index in [2.05, 4.69) is 5.32 Å². The Morgan fingerprint density at radius 3 is 2.47 bits per heavy atom. The molecule has 6 heteroatoms. The van der Waals surface area contributed by atoms with Crippen LogP contribution >= 0.6 is 0 Å². The molecule has 1 heterocycles. The van der Waals surface area contributed by atoms with Crippen molar-refractivity contribution >= 4 is 15.7 Å². The SMILES string of the molecule is NC1CC(NC(=O)C2CCS(=O)(=O)C2)C1. The molecule has 0 bridgehead atoms. The quantitative estimate of drug-likeness (QED) is 0.641. The van der Waals surface area contributed by atoms with Gasteiger partial charge in [-0.05, 0) is 19.3 Å². The summed E-state index contributed by atoms with van der Waals surface area (Å²) in [6.45, 7) is 0. The summed E-state index contributed by atoms with van der Waals surface area (Å²) in [5.74, 6) is -0.299. The van der Waals surface area contributed by atoms with E-state index in [0.717, 1.165) is 12.8 Å². The Morgan fingerprint density at radius 2 is 2.00 bits per heavy atom. The first kappa shape index (κ1) is 10.9. The number of carbonyl (C=O) groups is 1. The molecule has 0 aromatic rings. The van der Waals surface area contributed by atoms with Gasteiger partial charge < -0.3 is 11.1 Å². The third kappa shape index (κ3) is 2.49. The van der Waals surface area contributed by atoms with E-state index in [-0.39, 0.29) is 35.4 Å². The number of hydrogen-bond donors (Lipinski definition) is 2. The smallest absolute Gasteiger partial charge is 0.224 e. The third-order valence-electron chi connectivity index (χ3n) is 3.12. The van der Waals surface area contributed by atoms with E-state index < -0.39 is 9.84 Å². The lowest BCUT2D eigenvalue weighted by Crippen LogP contribution is -2.51. The molecule has 5 nitrogen and oxygen atoms in total. The van der Waals surface area contributed by atoms with Gasteiger partial charge in [-0.2, -0.15) is 0 Å². The van der Waals surface area contributed by atoms with Crippen LogP contribution in [0.15, 0.2) is 0 Å². The van der Waals surface area contributed by atoms with Gasteiger partial charge in [-0.3, -0.25) is 4.79 Å². The van der Waals surface area contributed by atoms with E-state index in [4.69, 9.17) is 5.73 Å². The molecule has 1 saturated heterocycles. The maximum absolute atomic E-state index is 11.6. The van der Waals surface area contributed by atoms with Crippen LogP contribution in [0.4, 0.5) is 0 Å². The van der Waals surface area contributed by atoms with Crippen molar-refractivity contribution in [1.82, 2.24) is 5.32 Å². The lowest BCUT2D eigenvalue weighted by atomic mass is 9.87. The molecule has 2 aliphatic rings. The second-order valence-corrected chi connectivity index (χ2v) is 6.77. The highest BCUT2D eigenvalue weighted by Crippen LogP contribution is 2.21. The van der Waals surface area contributed by atoms with Crippen molar-refractivity contribution in [2.45, 2.75) is 31.3 Å². The predicted molar refractivity (Wildman–Crippen MR) is 55.9 cm³/mol. The summed E-state index contributed by atoms with van der Waals surface area (Å²) in [7, 11) is -2.96.